The quantitative estimate of drug-likeness (QED) is 0.814. The molecule has 1 amide bonds. The fourth-order valence-corrected chi connectivity index (χ4v) is 4.59. The van der Waals surface area contributed by atoms with Gasteiger partial charge in [-0.25, -0.2) is 12.8 Å². The highest BCUT2D eigenvalue weighted by atomic mass is 32.2. The van der Waals surface area contributed by atoms with E-state index in [-0.39, 0.29) is 23.3 Å². The molecule has 2 rings (SSSR count). The molecular weight excluding hydrogens is 331 g/mol. The Morgan fingerprint density at radius 2 is 1.96 bits per heavy atom. The molecule has 0 aliphatic carbocycles. The van der Waals surface area contributed by atoms with Gasteiger partial charge in [-0.1, -0.05) is 13.8 Å². The summed E-state index contributed by atoms with van der Waals surface area (Å²) in [7, 11) is -1.94. The van der Waals surface area contributed by atoms with Crippen LogP contribution in [0.2, 0.25) is 0 Å². The minimum atomic E-state index is -3.70. The van der Waals surface area contributed by atoms with Crippen LogP contribution in [0, 0.1) is 17.7 Å². The molecule has 5 nitrogen and oxygen atoms in total. The molecule has 0 bridgehead atoms. The Morgan fingerprint density at radius 3 is 2.54 bits per heavy atom. The van der Waals surface area contributed by atoms with Gasteiger partial charge in [0.2, 0.25) is 15.9 Å². The maximum absolute atomic E-state index is 13.0. The van der Waals surface area contributed by atoms with E-state index in [1.807, 2.05) is 13.8 Å². The Labute approximate surface area is 143 Å². The van der Waals surface area contributed by atoms with Crippen LogP contribution in [-0.4, -0.2) is 50.2 Å². The van der Waals surface area contributed by atoms with Crippen LogP contribution in [0.3, 0.4) is 0 Å². The molecule has 1 aromatic rings. The lowest BCUT2D eigenvalue weighted by molar-refractivity contribution is -0.135. The first-order chi connectivity index (χ1) is 11.2. The van der Waals surface area contributed by atoms with Crippen LogP contribution in [0.5, 0.6) is 0 Å². The number of rotatable bonds is 5. The van der Waals surface area contributed by atoms with Crippen molar-refractivity contribution in [2.75, 3.05) is 26.7 Å². The van der Waals surface area contributed by atoms with E-state index in [4.69, 9.17) is 0 Å². The van der Waals surface area contributed by atoms with Gasteiger partial charge in [0, 0.05) is 26.7 Å². The van der Waals surface area contributed by atoms with Crippen LogP contribution in [-0.2, 0) is 14.8 Å². The maximum Gasteiger partial charge on any atom is 0.243 e. The number of piperidine rings is 1. The Hall–Kier alpha value is -1.47. The molecule has 134 valence electrons. The molecule has 24 heavy (non-hydrogen) atoms. The van der Waals surface area contributed by atoms with Crippen LogP contribution in [0.1, 0.15) is 26.7 Å². The van der Waals surface area contributed by atoms with E-state index >= 15 is 0 Å². The van der Waals surface area contributed by atoms with Crippen molar-refractivity contribution in [3.05, 3.63) is 30.1 Å². The maximum atomic E-state index is 13.0. The summed E-state index contributed by atoms with van der Waals surface area (Å²) in [6.45, 7) is 5.30. The van der Waals surface area contributed by atoms with Gasteiger partial charge in [-0.15, -0.1) is 0 Å². The molecule has 1 aliphatic heterocycles. The summed E-state index contributed by atoms with van der Waals surface area (Å²) < 4.78 is 39.7. The first kappa shape index (κ1) is 18.9. The fourth-order valence-electron chi connectivity index (χ4n) is 3.07. The number of nitrogens with zero attached hydrogens (tertiary/aromatic N) is 2. The highest BCUT2D eigenvalue weighted by molar-refractivity contribution is 7.89. The smallest absolute Gasteiger partial charge is 0.243 e. The number of hydrogen-bond acceptors (Lipinski definition) is 3. The molecule has 1 heterocycles. The second-order valence-corrected chi connectivity index (χ2v) is 8.71. The summed E-state index contributed by atoms with van der Waals surface area (Å²) in [4.78, 5) is 14.3. The van der Waals surface area contributed by atoms with E-state index in [2.05, 4.69) is 0 Å². The predicted octanol–water partition coefficient (Wildman–Crippen LogP) is 2.34. The fraction of sp³-hybridized carbons (Fsp3) is 0.588. The van der Waals surface area contributed by atoms with Crippen LogP contribution >= 0.6 is 0 Å². The van der Waals surface area contributed by atoms with Crippen molar-refractivity contribution in [1.29, 1.82) is 0 Å². The highest BCUT2D eigenvalue weighted by Gasteiger charge is 2.34. The van der Waals surface area contributed by atoms with E-state index in [9.17, 15) is 17.6 Å². The third-order valence-corrected chi connectivity index (χ3v) is 6.08. The molecule has 0 N–H and O–H groups in total. The van der Waals surface area contributed by atoms with Gasteiger partial charge in [0.05, 0.1) is 10.8 Å². The van der Waals surface area contributed by atoms with Gasteiger partial charge >= 0.3 is 0 Å². The molecule has 1 aromatic carbocycles. The zero-order valence-corrected chi connectivity index (χ0v) is 15.2. The summed E-state index contributed by atoms with van der Waals surface area (Å²) in [5, 5.41) is 0. The van der Waals surface area contributed by atoms with Crippen molar-refractivity contribution in [2.24, 2.45) is 11.8 Å². The molecule has 1 aliphatic rings. The average Bonchev–Trinajstić information content (AvgIpc) is 2.54. The lowest BCUT2D eigenvalue weighted by Crippen LogP contribution is -2.46. The lowest BCUT2D eigenvalue weighted by atomic mass is 9.98. The van der Waals surface area contributed by atoms with Crippen molar-refractivity contribution in [1.82, 2.24) is 9.21 Å². The van der Waals surface area contributed by atoms with Gasteiger partial charge in [0.1, 0.15) is 5.82 Å². The molecule has 7 heteroatoms. The first-order valence-corrected chi connectivity index (χ1v) is 9.66. The zero-order chi connectivity index (χ0) is 17.9. The van der Waals surface area contributed by atoms with Crippen molar-refractivity contribution >= 4 is 15.9 Å². The van der Waals surface area contributed by atoms with Crippen molar-refractivity contribution < 1.29 is 17.6 Å². The van der Waals surface area contributed by atoms with Gasteiger partial charge in [-0.3, -0.25) is 4.79 Å². The normalized spacial score (nSPS) is 19.5. The lowest BCUT2D eigenvalue weighted by Gasteiger charge is -2.33. The van der Waals surface area contributed by atoms with E-state index < -0.39 is 15.8 Å². The molecule has 1 fully saturated rings. The second kappa shape index (κ2) is 7.61. The number of halogens is 1. The largest absolute Gasteiger partial charge is 0.345 e. The molecular formula is C17H25FN2O3S. The third kappa shape index (κ3) is 4.33. The van der Waals surface area contributed by atoms with Gasteiger partial charge in [-0.2, -0.15) is 4.31 Å². The number of amides is 1. The standard InChI is InChI=1S/C17H25FN2O3S/c1-13(2)11-19(3)17(21)14-5-4-10-20(12-14)24(22,23)16-8-6-15(18)7-9-16/h6-9,13-14H,4-5,10-12H2,1-3H3. The minimum Gasteiger partial charge on any atom is -0.345 e. The summed E-state index contributed by atoms with van der Waals surface area (Å²) in [5.74, 6) is -0.446. The Bertz CT molecular complexity index is 674. The Kier molecular flexibility index (Phi) is 5.98. The van der Waals surface area contributed by atoms with E-state index in [0.29, 0.717) is 31.8 Å². The molecule has 0 radical (unpaired) electrons. The number of carbonyl (C=O) groups is 1. The molecule has 1 unspecified atom stereocenters. The van der Waals surface area contributed by atoms with Crippen molar-refractivity contribution in [2.45, 2.75) is 31.6 Å². The summed E-state index contributed by atoms with van der Waals surface area (Å²) in [6, 6.07) is 4.80. The van der Waals surface area contributed by atoms with E-state index in [0.717, 1.165) is 12.1 Å². The van der Waals surface area contributed by atoms with Crippen LogP contribution < -0.4 is 0 Å². The molecule has 1 saturated heterocycles. The second-order valence-electron chi connectivity index (χ2n) is 6.77. The predicted molar refractivity (Wildman–Crippen MR) is 90.4 cm³/mol. The first-order valence-electron chi connectivity index (χ1n) is 8.22. The molecule has 0 saturated carbocycles. The monoisotopic (exact) mass is 356 g/mol. The molecule has 1 atom stereocenters. The van der Waals surface area contributed by atoms with Gasteiger partial charge < -0.3 is 4.90 Å². The number of hydrogen-bond donors (Lipinski definition) is 0. The number of carbonyl (C=O) groups excluding carboxylic acids is 1. The average molecular weight is 356 g/mol. The summed E-state index contributed by atoms with van der Waals surface area (Å²) in [5.41, 5.74) is 0. The summed E-state index contributed by atoms with van der Waals surface area (Å²) in [6.07, 6.45) is 1.34. The minimum absolute atomic E-state index is 0.0114. The third-order valence-electron chi connectivity index (χ3n) is 4.20. The summed E-state index contributed by atoms with van der Waals surface area (Å²) >= 11 is 0. The van der Waals surface area contributed by atoms with Crippen LogP contribution in [0.25, 0.3) is 0 Å². The van der Waals surface area contributed by atoms with Gasteiger partial charge in [0.25, 0.3) is 0 Å². The SMILES string of the molecule is CC(C)CN(C)C(=O)C1CCCN(S(=O)(=O)c2ccc(F)cc2)C1. The van der Waals surface area contributed by atoms with Crippen molar-refractivity contribution in [3.63, 3.8) is 0 Å². The van der Waals surface area contributed by atoms with E-state index in [1.165, 1.54) is 16.4 Å². The van der Waals surface area contributed by atoms with Crippen LogP contribution in [0.4, 0.5) is 4.39 Å². The number of benzene rings is 1. The molecule has 0 aromatic heterocycles. The Balaban J connectivity index is 2.12. The topological polar surface area (TPSA) is 57.7 Å². The Morgan fingerprint density at radius 1 is 1.33 bits per heavy atom. The van der Waals surface area contributed by atoms with Gasteiger partial charge in [-0.05, 0) is 43.0 Å². The zero-order valence-electron chi connectivity index (χ0n) is 14.4. The number of sulfonamides is 1. The van der Waals surface area contributed by atoms with Gasteiger partial charge in [0.15, 0.2) is 0 Å². The van der Waals surface area contributed by atoms with Crippen molar-refractivity contribution in [3.8, 4) is 0 Å². The van der Waals surface area contributed by atoms with Crippen LogP contribution in [0.15, 0.2) is 29.2 Å². The van der Waals surface area contributed by atoms with E-state index in [1.54, 1.807) is 11.9 Å². The molecule has 0 spiro atoms. The highest BCUT2D eigenvalue weighted by Crippen LogP contribution is 2.25.